The summed E-state index contributed by atoms with van der Waals surface area (Å²) >= 11 is 14.2. The maximum atomic E-state index is 11.5. The van der Waals surface area contributed by atoms with Crippen LogP contribution in [0, 0.1) is 0 Å². The minimum atomic E-state index is -0.967. The molecule has 8 heteroatoms. The maximum Gasteiger partial charge on any atom is 0.335 e. The summed E-state index contributed by atoms with van der Waals surface area (Å²) in [6, 6.07) is 22.0. The zero-order valence-corrected chi connectivity index (χ0v) is 25.6. The van der Waals surface area contributed by atoms with Crippen LogP contribution in [0.5, 0.6) is 0 Å². The summed E-state index contributed by atoms with van der Waals surface area (Å²) in [5, 5.41) is 10.5. The average molecular weight is 617 g/mol. The van der Waals surface area contributed by atoms with Gasteiger partial charge in [-0.1, -0.05) is 109 Å². The number of imidazole rings is 1. The number of hydrogen-bond acceptors (Lipinski definition) is 4. The van der Waals surface area contributed by atoms with Crippen LogP contribution >= 0.6 is 35.1 Å². The van der Waals surface area contributed by atoms with Crippen LogP contribution in [-0.4, -0.2) is 26.9 Å². The highest BCUT2D eigenvalue weighted by atomic mass is 35.5. The number of carboxylic acids is 1. The Bertz CT molecular complexity index is 1640. The number of nitrogens with zero attached hydrogens (tertiary/aromatic N) is 2. The number of carbonyl (C=O) groups is 1. The number of aliphatic carboxylic acids is 1. The molecule has 0 amide bonds. The fraction of sp³-hybridized carbons (Fsp3) is 0.118. The molecule has 3 aromatic carbocycles. The third-order valence-corrected chi connectivity index (χ3v) is 7.27. The molecule has 0 aliphatic rings. The van der Waals surface area contributed by atoms with Crippen LogP contribution in [0.3, 0.4) is 0 Å². The fourth-order valence-corrected chi connectivity index (χ4v) is 5.01. The lowest BCUT2D eigenvalue weighted by Gasteiger charge is -2.05. The predicted molar refractivity (Wildman–Crippen MR) is 180 cm³/mol. The number of rotatable bonds is 12. The van der Waals surface area contributed by atoms with Gasteiger partial charge in [-0.05, 0) is 65.6 Å². The Kier molecular flexibility index (Phi) is 11.3. The first-order valence-corrected chi connectivity index (χ1v) is 15.3. The number of halogens is 2. The molecule has 214 valence electrons. The van der Waals surface area contributed by atoms with Gasteiger partial charge in [-0.15, -0.1) is 0 Å². The highest BCUT2D eigenvalue weighted by molar-refractivity contribution is 7.99. The zero-order chi connectivity index (χ0) is 29.9. The Morgan fingerprint density at radius 3 is 2.36 bits per heavy atom. The average Bonchev–Trinajstić information content (AvgIpc) is 3.38. The van der Waals surface area contributed by atoms with Crippen LogP contribution in [0.2, 0.25) is 10.0 Å². The Morgan fingerprint density at radius 1 is 1.00 bits per heavy atom. The summed E-state index contributed by atoms with van der Waals surface area (Å²) in [7, 11) is 0. The third-order valence-electron chi connectivity index (χ3n) is 6.28. The molecule has 2 N–H and O–H groups in total. The van der Waals surface area contributed by atoms with Crippen molar-refractivity contribution in [3.8, 4) is 22.4 Å². The summed E-state index contributed by atoms with van der Waals surface area (Å²) in [5.74, 6) is -0.235. The van der Waals surface area contributed by atoms with E-state index in [9.17, 15) is 9.90 Å². The Balaban J connectivity index is 1.58. The number of carboxylic acid groups (broad SMARTS) is 1. The van der Waals surface area contributed by atoms with E-state index >= 15 is 0 Å². The number of aromatic nitrogens is 2. The molecule has 0 atom stereocenters. The second kappa shape index (κ2) is 15.3. The molecule has 1 heterocycles. The van der Waals surface area contributed by atoms with Crippen molar-refractivity contribution in [2.45, 2.75) is 19.9 Å². The van der Waals surface area contributed by atoms with Crippen molar-refractivity contribution in [2.24, 2.45) is 0 Å². The summed E-state index contributed by atoms with van der Waals surface area (Å²) in [4.78, 5) is 16.3. The van der Waals surface area contributed by atoms with Gasteiger partial charge >= 0.3 is 5.97 Å². The van der Waals surface area contributed by atoms with E-state index in [4.69, 9.17) is 28.2 Å². The first-order chi connectivity index (χ1) is 20.4. The van der Waals surface area contributed by atoms with E-state index in [0.29, 0.717) is 22.3 Å². The molecule has 0 bridgehead atoms. The molecule has 0 unspecified atom stereocenters. The molecule has 1 aromatic heterocycles. The van der Waals surface area contributed by atoms with E-state index in [2.05, 4.69) is 53.3 Å². The molecule has 4 rings (SSSR count). The van der Waals surface area contributed by atoms with E-state index in [1.165, 1.54) is 0 Å². The van der Waals surface area contributed by atoms with Crippen molar-refractivity contribution in [1.82, 2.24) is 9.55 Å². The number of benzene rings is 3. The van der Waals surface area contributed by atoms with Gasteiger partial charge < -0.3 is 14.4 Å². The Labute approximate surface area is 261 Å². The lowest BCUT2D eigenvalue weighted by Crippen LogP contribution is -1.98. The van der Waals surface area contributed by atoms with E-state index in [0.717, 1.165) is 40.2 Å². The molecule has 0 saturated heterocycles. The Hall–Kier alpha value is -3.97. The second-order valence-corrected chi connectivity index (χ2v) is 10.7. The zero-order valence-electron chi connectivity index (χ0n) is 23.3. The predicted octanol–water partition coefficient (Wildman–Crippen LogP) is 9.92. The topological polar surface area (TPSA) is 67.2 Å². The lowest BCUT2D eigenvalue weighted by molar-refractivity contribution is -0.132. The molecule has 5 nitrogen and oxygen atoms in total. The first-order valence-electron chi connectivity index (χ1n) is 13.3. The van der Waals surface area contributed by atoms with Crippen molar-refractivity contribution >= 4 is 59.0 Å². The minimum Gasteiger partial charge on any atom is -0.478 e. The van der Waals surface area contributed by atoms with Gasteiger partial charge in [0.15, 0.2) is 0 Å². The van der Waals surface area contributed by atoms with Gasteiger partial charge in [0.25, 0.3) is 0 Å². The Morgan fingerprint density at radius 2 is 1.71 bits per heavy atom. The summed E-state index contributed by atoms with van der Waals surface area (Å²) in [5.41, 5.74) is 6.11. The van der Waals surface area contributed by atoms with Gasteiger partial charge in [-0.2, -0.15) is 0 Å². The molecule has 0 aliphatic carbocycles. The molecule has 0 saturated carbocycles. The molecule has 42 heavy (non-hydrogen) atoms. The highest BCUT2D eigenvalue weighted by Crippen LogP contribution is 2.30. The standard InChI is InChI=1S/C34H31Cl2N3O2S/c1-3-4-7-27(34(40)41)8-5-6-21-39-23-32(30-19-16-28(35)22-31(30)36)37-33(39)20-11-24-9-12-25(13-10-24)26-14-17-29(18-15-26)38-42-2/h4-20,22-23,38H,3,21H2,1-2H3,(H,40,41)/b6-5+,7-4-,20-11+,27-8+. The van der Waals surface area contributed by atoms with Gasteiger partial charge in [0.2, 0.25) is 0 Å². The van der Waals surface area contributed by atoms with Crippen LogP contribution in [0.4, 0.5) is 5.69 Å². The molecular weight excluding hydrogens is 585 g/mol. The molecule has 0 aliphatic heterocycles. The molecule has 0 fully saturated rings. The monoisotopic (exact) mass is 615 g/mol. The lowest BCUT2D eigenvalue weighted by atomic mass is 10.0. The third kappa shape index (κ3) is 8.52. The van der Waals surface area contributed by atoms with Crippen molar-refractivity contribution < 1.29 is 9.90 Å². The van der Waals surface area contributed by atoms with E-state index in [1.807, 2.05) is 54.3 Å². The van der Waals surface area contributed by atoms with Crippen LogP contribution in [0.15, 0.2) is 109 Å². The van der Waals surface area contributed by atoms with Gasteiger partial charge in [0, 0.05) is 35.3 Å². The van der Waals surface area contributed by atoms with Gasteiger partial charge in [0.05, 0.1) is 16.3 Å². The SMILES string of the molecule is CC\C=C/C(=C\C=C\Cn1cc(-c2ccc(Cl)cc2Cl)nc1/C=C/c1ccc(-c2ccc(NSC)cc2)cc1)C(=O)O. The van der Waals surface area contributed by atoms with Crippen molar-refractivity contribution in [1.29, 1.82) is 0 Å². The van der Waals surface area contributed by atoms with Crippen LogP contribution in [0.25, 0.3) is 34.5 Å². The first kappa shape index (κ1) is 31.0. The van der Waals surface area contributed by atoms with Crippen molar-refractivity contribution in [3.05, 3.63) is 130 Å². The number of anilines is 1. The molecule has 4 aromatic rings. The van der Waals surface area contributed by atoms with E-state index < -0.39 is 5.97 Å². The largest absolute Gasteiger partial charge is 0.478 e. The smallest absolute Gasteiger partial charge is 0.335 e. The number of nitrogens with one attached hydrogen (secondary N) is 1. The minimum absolute atomic E-state index is 0.225. The molecular formula is C34H31Cl2N3O2S. The fourth-order valence-electron chi connectivity index (χ4n) is 4.13. The van der Waals surface area contributed by atoms with Crippen LogP contribution in [0.1, 0.15) is 24.7 Å². The second-order valence-electron chi connectivity index (χ2n) is 9.27. The van der Waals surface area contributed by atoms with Gasteiger partial charge in [-0.25, -0.2) is 9.78 Å². The van der Waals surface area contributed by atoms with Gasteiger partial charge in [-0.3, -0.25) is 0 Å². The van der Waals surface area contributed by atoms with Crippen LogP contribution in [-0.2, 0) is 11.3 Å². The maximum absolute atomic E-state index is 11.5. The highest BCUT2D eigenvalue weighted by Gasteiger charge is 2.11. The summed E-state index contributed by atoms with van der Waals surface area (Å²) in [6.07, 6.45) is 17.3. The van der Waals surface area contributed by atoms with Gasteiger partial charge in [0.1, 0.15) is 5.82 Å². The summed E-state index contributed by atoms with van der Waals surface area (Å²) < 4.78 is 5.22. The quantitative estimate of drug-likeness (QED) is 0.0942. The number of allylic oxidation sites excluding steroid dienone is 4. The van der Waals surface area contributed by atoms with E-state index in [1.54, 1.807) is 42.3 Å². The van der Waals surface area contributed by atoms with E-state index in [-0.39, 0.29) is 5.57 Å². The van der Waals surface area contributed by atoms with Crippen LogP contribution < -0.4 is 4.72 Å². The molecule has 0 spiro atoms. The number of hydrogen-bond donors (Lipinski definition) is 2. The summed E-state index contributed by atoms with van der Waals surface area (Å²) in [6.45, 7) is 2.45. The molecule has 0 radical (unpaired) electrons. The normalized spacial score (nSPS) is 12.1. The van der Waals surface area contributed by atoms with Crippen molar-refractivity contribution in [3.63, 3.8) is 0 Å². The van der Waals surface area contributed by atoms with Crippen molar-refractivity contribution in [2.75, 3.05) is 11.0 Å².